The van der Waals surface area contributed by atoms with E-state index in [9.17, 15) is 9.59 Å². The van der Waals surface area contributed by atoms with Crippen LogP contribution in [0.5, 0.6) is 23.0 Å². The molecule has 4 N–H and O–H groups in total. The van der Waals surface area contributed by atoms with Crippen molar-refractivity contribution in [3.63, 3.8) is 0 Å². The van der Waals surface area contributed by atoms with Gasteiger partial charge >= 0.3 is 12.1 Å². The van der Waals surface area contributed by atoms with Crippen LogP contribution in [0, 0.1) is 6.92 Å². The minimum absolute atomic E-state index is 0.131. The highest BCUT2D eigenvalue weighted by atomic mass is 35.5. The number of urea groups is 2. The standard InChI is InChI=1S/C28H40N4O3.C27H37ClN4O3/c1-20(2)35-27-8-6-5-7-25(27)32-17-15-31(16-18-32)24-12-9-22(10-13-24)29-28(33)30-23-11-14-26(34-4)21(3)19-23;1-19(2)35-26-7-5-4-6-24(26)32-16-14-31(15-17-32)22-11-8-20(9-12-22)29-27(33)30-21-10-13-25(34-3)23(28)18-21/h5-8,11,14,19-20,22,24H,9-10,12-13,15-18H2,1-4H3,(H2,29,30,33);4-7,10,13,18-20,22H,8-9,11-12,14-17H2,1-3H3,(H2,29,30,33). The molecule has 70 heavy (non-hydrogen) atoms. The summed E-state index contributed by atoms with van der Waals surface area (Å²) in [7, 11) is 3.22. The summed E-state index contributed by atoms with van der Waals surface area (Å²) >= 11 is 6.16. The van der Waals surface area contributed by atoms with Crippen molar-refractivity contribution in [3.8, 4) is 23.0 Å². The van der Waals surface area contributed by atoms with Crippen molar-refractivity contribution in [2.75, 3.05) is 87.0 Å². The van der Waals surface area contributed by atoms with Crippen LogP contribution in [-0.2, 0) is 0 Å². The minimum atomic E-state index is -0.189. The third kappa shape index (κ3) is 14.7. The molecule has 2 saturated carbocycles. The van der Waals surface area contributed by atoms with E-state index in [2.05, 4.69) is 105 Å². The highest BCUT2D eigenvalue weighted by molar-refractivity contribution is 6.32. The van der Waals surface area contributed by atoms with E-state index < -0.39 is 0 Å². The lowest BCUT2D eigenvalue weighted by Gasteiger charge is -2.43. The van der Waals surface area contributed by atoms with E-state index in [1.807, 2.05) is 37.3 Å². The number of amides is 4. The van der Waals surface area contributed by atoms with Crippen LogP contribution in [0.1, 0.15) is 84.6 Å². The van der Waals surface area contributed by atoms with Gasteiger partial charge in [-0.15, -0.1) is 0 Å². The molecular weight excluding hydrogens is 904 g/mol. The first kappa shape index (κ1) is 52.3. The van der Waals surface area contributed by atoms with Crippen LogP contribution in [-0.4, -0.2) is 125 Å². The van der Waals surface area contributed by atoms with Crippen molar-refractivity contribution in [1.29, 1.82) is 0 Å². The number of halogens is 1. The van der Waals surface area contributed by atoms with E-state index in [1.165, 1.54) is 11.4 Å². The predicted octanol–water partition coefficient (Wildman–Crippen LogP) is 10.4. The van der Waals surface area contributed by atoms with Gasteiger partial charge in [0, 0.05) is 87.9 Å². The number of ether oxygens (including phenoxy) is 4. The van der Waals surface area contributed by atoms with Crippen molar-refractivity contribution in [1.82, 2.24) is 20.4 Å². The van der Waals surface area contributed by atoms with E-state index in [-0.39, 0.29) is 36.4 Å². The van der Waals surface area contributed by atoms with Crippen LogP contribution in [0.2, 0.25) is 5.02 Å². The number of carbonyl (C=O) groups excluding carboxylic acids is 2. The number of para-hydroxylation sites is 4. The molecule has 0 unspecified atom stereocenters. The second kappa shape index (κ2) is 25.5. The number of benzene rings is 4. The molecule has 4 fully saturated rings. The van der Waals surface area contributed by atoms with Crippen LogP contribution in [0.4, 0.5) is 32.3 Å². The predicted molar refractivity (Wildman–Crippen MR) is 284 cm³/mol. The van der Waals surface area contributed by atoms with Crippen LogP contribution in [0.25, 0.3) is 0 Å². The average molecular weight is 982 g/mol. The number of rotatable bonds is 14. The Bertz CT molecular complexity index is 2130. The first-order valence-electron chi connectivity index (χ1n) is 25.5. The molecule has 0 spiro atoms. The Labute approximate surface area is 421 Å². The van der Waals surface area contributed by atoms with Gasteiger partial charge in [0.1, 0.15) is 23.0 Å². The third-order valence-corrected chi connectivity index (χ3v) is 14.2. The van der Waals surface area contributed by atoms with Gasteiger partial charge in [0.2, 0.25) is 0 Å². The normalized spacial score (nSPS) is 21.0. The molecule has 15 heteroatoms. The molecule has 2 aliphatic heterocycles. The highest BCUT2D eigenvalue weighted by Gasteiger charge is 2.31. The third-order valence-electron chi connectivity index (χ3n) is 13.9. The molecule has 4 aromatic rings. The molecule has 4 amide bonds. The van der Waals surface area contributed by atoms with E-state index in [0.717, 1.165) is 132 Å². The maximum atomic E-state index is 12.5. The van der Waals surface area contributed by atoms with Crippen LogP contribution < -0.4 is 50.0 Å². The molecule has 0 bridgehead atoms. The van der Waals surface area contributed by atoms with Crippen LogP contribution in [0.15, 0.2) is 84.9 Å². The van der Waals surface area contributed by atoms with Crippen molar-refractivity contribution in [2.24, 2.45) is 0 Å². The Balaban J connectivity index is 0.000000206. The minimum Gasteiger partial charge on any atom is -0.496 e. The smallest absolute Gasteiger partial charge is 0.319 e. The number of hydrogen-bond donors (Lipinski definition) is 4. The Hall–Kier alpha value is -5.57. The number of piperazine rings is 2. The average Bonchev–Trinajstić information content (AvgIpc) is 3.35. The lowest BCUT2D eigenvalue weighted by Crippen LogP contribution is -2.52. The Morgan fingerprint density at radius 3 is 1.31 bits per heavy atom. The summed E-state index contributed by atoms with van der Waals surface area (Å²) in [5.41, 5.74) is 4.83. The molecule has 4 aliphatic rings. The summed E-state index contributed by atoms with van der Waals surface area (Å²) in [6.07, 6.45) is 8.81. The number of aryl methyl sites for hydroxylation is 1. The lowest BCUT2D eigenvalue weighted by atomic mass is 9.90. The molecule has 4 aromatic carbocycles. The fraction of sp³-hybridized carbons (Fsp3) is 0.527. The van der Waals surface area contributed by atoms with Gasteiger partial charge in [0.25, 0.3) is 0 Å². The molecule has 0 atom stereocenters. The molecule has 0 radical (unpaired) electrons. The van der Waals surface area contributed by atoms with Crippen molar-refractivity contribution in [2.45, 2.75) is 122 Å². The molecule has 2 saturated heterocycles. The topological polar surface area (TPSA) is 132 Å². The molecule has 14 nitrogen and oxygen atoms in total. The van der Waals surface area contributed by atoms with Crippen LogP contribution in [0.3, 0.4) is 0 Å². The van der Waals surface area contributed by atoms with Gasteiger partial charge in [0.15, 0.2) is 0 Å². The number of hydrogen-bond acceptors (Lipinski definition) is 10. The zero-order chi connectivity index (χ0) is 49.6. The number of nitrogens with one attached hydrogen (secondary N) is 4. The Morgan fingerprint density at radius 1 is 0.529 bits per heavy atom. The molecular formula is C55H77ClN8O6. The highest BCUT2D eigenvalue weighted by Crippen LogP contribution is 2.34. The maximum absolute atomic E-state index is 12.5. The fourth-order valence-corrected chi connectivity index (χ4v) is 10.6. The summed E-state index contributed by atoms with van der Waals surface area (Å²) in [6, 6.07) is 28.9. The SMILES string of the molecule is COc1ccc(NC(=O)NC2CCC(N3CCN(c4ccccc4OC(C)C)CC3)CC2)cc1C.COc1ccc(NC(=O)NC2CCC(N3CCN(c4ccccc4OC(C)C)CC3)CC2)cc1Cl. The van der Waals surface area contributed by atoms with Gasteiger partial charge < -0.3 is 50.0 Å². The zero-order valence-electron chi connectivity index (χ0n) is 42.5. The van der Waals surface area contributed by atoms with Gasteiger partial charge in [-0.1, -0.05) is 35.9 Å². The van der Waals surface area contributed by atoms with Crippen LogP contribution >= 0.6 is 11.6 Å². The second-order valence-corrected chi connectivity index (χ2v) is 20.0. The van der Waals surface area contributed by atoms with E-state index in [0.29, 0.717) is 28.5 Å². The van der Waals surface area contributed by atoms with Gasteiger partial charge in [-0.3, -0.25) is 9.80 Å². The van der Waals surface area contributed by atoms with Crippen molar-refractivity contribution >= 4 is 46.4 Å². The van der Waals surface area contributed by atoms with Gasteiger partial charge in [-0.2, -0.15) is 0 Å². The summed E-state index contributed by atoms with van der Waals surface area (Å²) in [6.45, 7) is 18.5. The van der Waals surface area contributed by atoms with Crippen molar-refractivity contribution < 1.29 is 28.5 Å². The van der Waals surface area contributed by atoms with E-state index in [1.54, 1.807) is 32.4 Å². The number of methoxy groups -OCH3 is 2. The maximum Gasteiger partial charge on any atom is 0.319 e. The van der Waals surface area contributed by atoms with Crippen molar-refractivity contribution in [3.05, 3.63) is 95.5 Å². The molecule has 8 rings (SSSR count). The van der Waals surface area contributed by atoms with Gasteiger partial charge in [-0.05, 0) is 152 Å². The first-order chi connectivity index (χ1) is 33.8. The van der Waals surface area contributed by atoms with Gasteiger partial charge in [-0.25, -0.2) is 9.59 Å². The summed E-state index contributed by atoms with van der Waals surface area (Å²) in [4.78, 5) is 35.1. The Kier molecular flexibility index (Phi) is 19.0. The monoisotopic (exact) mass is 981 g/mol. The van der Waals surface area contributed by atoms with Gasteiger partial charge in [0.05, 0.1) is 42.8 Å². The molecule has 2 heterocycles. The lowest BCUT2D eigenvalue weighted by molar-refractivity contribution is 0.137. The summed E-state index contributed by atoms with van der Waals surface area (Å²) in [5, 5.41) is 12.6. The molecule has 0 aromatic heterocycles. The fourth-order valence-electron chi connectivity index (χ4n) is 10.4. The zero-order valence-corrected chi connectivity index (χ0v) is 43.2. The van der Waals surface area contributed by atoms with E-state index >= 15 is 0 Å². The number of anilines is 4. The number of nitrogens with zero attached hydrogens (tertiary/aromatic N) is 4. The van der Waals surface area contributed by atoms with E-state index in [4.69, 9.17) is 30.5 Å². The quantitative estimate of drug-likeness (QED) is 0.0968. The summed E-state index contributed by atoms with van der Waals surface area (Å²) < 4.78 is 22.5. The summed E-state index contributed by atoms with van der Waals surface area (Å²) in [5.74, 6) is 3.36. The first-order valence-corrected chi connectivity index (χ1v) is 25.9. The molecule has 380 valence electrons. The largest absolute Gasteiger partial charge is 0.496 e. The number of carbonyl (C=O) groups is 2. The molecule has 2 aliphatic carbocycles. The second-order valence-electron chi connectivity index (χ2n) is 19.6. The Morgan fingerprint density at radius 2 is 0.929 bits per heavy atom.